The largest absolute Gasteiger partial charge is 0.326 e. The van der Waals surface area contributed by atoms with Gasteiger partial charge in [0.25, 0.3) is 0 Å². The maximum atomic E-state index is 12.4. The Labute approximate surface area is 123 Å². The van der Waals surface area contributed by atoms with Crippen LogP contribution in [0.15, 0.2) is 36.7 Å². The zero-order valence-electron chi connectivity index (χ0n) is 11.8. The molecule has 2 aliphatic carbocycles. The van der Waals surface area contributed by atoms with Crippen molar-refractivity contribution in [1.82, 2.24) is 15.0 Å². The van der Waals surface area contributed by atoms with Gasteiger partial charge in [-0.1, -0.05) is 24.1 Å². The van der Waals surface area contributed by atoms with E-state index in [4.69, 9.17) is 0 Å². The van der Waals surface area contributed by atoms with Crippen LogP contribution in [-0.4, -0.2) is 20.9 Å². The minimum atomic E-state index is 0.183. The van der Waals surface area contributed by atoms with Crippen LogP contribution in [0.25, 0.3) is 5.69 Å². The molecule has 1 aromatic heterocycles. The number of hydrogen-bond donors (Lipinski definition) is 1. The van der Waals surface area contributed by atoms with E-state index in [-0.39, 0.29) is 11.8 Å². The summed E-state index contributed by atoms with van der Waals surface area (Å²) in [5.74, 6) is 1.69. The normalized spacial score (nSPS) is 27.0. The fourth-order valence-electron chi connectivity index (χ4n) is 3.68. The summed E-state index contributed by atoms with van der Waals surface area (Å²) in [7, 11) is 0. The average Bonchev–Trinajstić information content (AvgIpc) is 2.98. The van der Waals surface area contributed by atoms with Crippen molar-refractivity contribution in [2.75, 3.05) is 5.32 Å². The fraction of sp³-hybridized carbons (Fsp3) is 0.438. The molecule has 0 radical (unpaired) electrons. The third-order valence-electron chi connectivity index (χ3n) is 4.76. The number of aromatic nitrogens is 3. The highest BCUT2D eigenvalue weighted by Crippen LogP contribution is 2.55. The van der Waals surface area contributed by atoms with Crippen molar-refractivity contribution in [2.45, 2.75) is 25.7 Å². The molecule has 21 heavy (non-hydrogen) atoms. The summed E-state index contributed by atoms with van der Waals surface area (Å²) in [5, 5.41) is 10.8. The Morgan fingerprint density at radius 1 is 1.24 bits per heavy atom. The van der Waals surface area contributed by atoms with Gasteiger partial charge in [-0.25, -0.2) is 4.68 Å². The Bertz CT molecular complexity index is 640. The molecule has 0 spiro atoms. The number of amides is 1. The van der Waals surface area contributed by atoms with Crippen LogP contribution < -0.4 is 5.32 Å². The second kappa shape index (κ2) is 4.98. The molecule has 1 N–H and O–H groups in total. The van der Waals surface area contributed by atoms with E-state index in [9.17, 15) is 4.79 Å². The van der Waals surface area contributed by atoms with E-state index < -0.39 is 0 Å². The van der Waals surface area contributed by atoms with Crippen molar-refractivity contribution in [3.8, 4) is 5.69 Å². The van der Waals surface area contributed by atoms with Crippen molar-refractivity contribution in [3.63, 3.8) is 0 Å². The smallest absolute Gasteiger partial charge is 0.228 e. The standard InChI is InChI=1S/C16H18N4O/c21-16(15-13-6-1-2-7-14(13)15)18-11-4-3-5-12(10-11)20-9-8-17-19-20/h3-5,8-10,13-15H,1-2,6-7H2,(H,18,21). The van der Waals surface area contributed by atoms with Crippen LogP contribution >= 0.6 is 0 Å². The third-order valence-corrected chi connectivity index (χ3v) is 4.76. The van der Waals surface area contributed by atoms with Crippen molar-refractivity contribution in [1.29, 1.82) is 0 Å². The van der Waals surface area contributed by atoms with Gasteiger partial charge in [-0.15, -0.1) is 5.10 Å². The Balaban J connectivity index is 1.47. The van der Waals surface area contributed by atoms with Crippen LogP contribution in [0.1, 0.15) is 25.7 Å². The molecule has 108 valence electrons. The van der Waals surface area contributed by atoms with Gasteiger partial charge >= 0.3 is 0 Å². The molecule has 0 saturated heterocycles. The summed E-state index contributed by atoms with van der Waals surface area (Å²) in [6, 6.07) is 7.72. The van der Waals surface area contributed by atoms with E-state index in [1.165, 1.54) is 25.7 Å². The van der Waals surface area contributed by atoms with Gasteiger partial charge in [-0.05, 0) is 42.9 Å². The molecule has 1 amide bonds. The molecule has 4 rings (SSSR count). The zero-order chi connectivity index (χ0) is 14.2. The van der Waals surface area contributed by atoms with Crippen molar-refractivity contribution in [3.05, 3.63) is 36.7 Å². The number of rotatable bonds is 3. The SMILES string of the molecule is O=C(Nc1cccc(-n2ccnn2)c1)C1C2CCCCC21. The van der Waals surface area contributed by atoms with E-state index in [1.807, 2.05) is 24.3 Å². The molecular weight excluding hydrogens is 264 g/mol. The molecule has 1 aromatic carbocycles. The quantitative estimate of drug-likeness (QED) is 0.941. The molecular formula is C16H18N4O. The minimum absolute atomic E-state index is 0.183. The second-order valence-electron chi connectivity index (χ2n) is 6.03. The number of carbonyl (C=O) groups excluding carboxylic acids is 1. The molecule has 2 saturated carbocycles. The first-order valence-electron chi connectivity index (χ1n) is 7.60. The zero-order valence-corrected chi connectivity index (χ0v) is 11.8. The number of anilines is 1. The third kappa shape index (κ3) is 2.33. The van der Waals surface area contributed by atoms with Gasteiger partial charge in [0.1, 0.15) is 0 Å². The molecule has 0 aliphatic heterocycles. The highest BCUT2D eigenvalue weighted by molar-refractivity contribution is 5.95. The van der Waals surface area contributed by atoms with Crippen LogP contribution in [-0.2, 0) is 4.79 Å². The van der Waals surface area contributed by atoms with Crippen LogP contribution in [0.5, 0.6) is 0 Å². The lowest BCUT2D eigenvalue weighted by Gasteiger charge is -2.07. The topological polar surface area (TPSA) is 59.8 Å². The average molecular weight is 282 g/mol. The monoisotopic (exact) mass is 282 g/mol. The number of nitrogens with one attached hydrogen (secondary N) is 1. The number of hydrogen-bond acceptors (Lipinski definition) is 3. The van der Waals surface area contributed by atoms with Gasteiger partial charge in [0, 0.05) is 11.6 Å². The first-order chi connectivity index (χ1) is 10.3. The highest BCUT2D eigenvalue weighted by Gasteiger charge is 2.54. The lowest BCUT2D eigenvalue weighted by molar-refractivity contribution is -0.117. The lowest BCUT2D eigenvalue weighted by Crippen LogP contribution is -2.15. The molecule has 2 fully saturated rings. The maximum Gasteiger partial charge on any atom is 0.228 e. The molecule has 0 bridgehead atoms. The maximum absolute atomic E-state index is 12.4. The van der Waals surface area contributed by atoms with Gasteiger partial charge in [-0.2, -0.15) is 0 Å². The van der Waals surface area contributed by atoms with Crippen LogP contribution in [0, 0.1) is 17.8 Å². The van der Waals surface area contributed by atoms with Crippen LogP contribution in [0.4, 0.5) is 5.69 Å². The van der Waals surface area contributed by atoms with Crippen molar-refractivity contribution in [2.24, 2.45) is 17.8 Å². The predicted octanol–water partition coefficient (Wildman–Crippen LogP) is 2.64. The molecule has 5 nitrogen and oxygen atoms in total. The van der Waals surface area contributed by atoms with E-state index in [0.29, 0.717) is 11.8 Å². The van der Waals surface area contributed by atoms with E-state index in [2.05, 4.69) is 15.6 Å². The van der Waals surface area contributed by atoms with Gasteiger partial charge in [0.15, 0.2) is 0 Å². The highest BCUT2D eigenvalue weighted by atomic mass is 16.2. The minimum Gasteiger partial charge on any atom is -0.326 e. The molecule has 1 heterocycles. The summed E-state index contributed by atoms with van der Waals surface area (Å²) >= 11 is 0. The first-order valence-corrected chi connectivity index (χ1v) is 7.60. The summed E-state index contributed by atoms with van der Waals surface area (Å²) in [5.41, 5.74) is 1.73. The number of benzene rings is 1. The van der Waals surface area contributed by atoms with Crippen molar-refractivity contribution < 1.29 is 4.79 Å². The lowest BCUT2D eigenvalue weighted by atomic mass is 10.0. The van der Waals surface area contributed by atoms with Gasteiger partial charge in [0.2, 0.25) is 5.91 Å². The van der Waals surface area contributed by atoms with Crippen LogP contribution in [0.3, 0.4) is 0 Å². The van der Waals surface area contributed by atoms with Gasteiger partial charge in [-0.3, -0.25) is 4.79 Å². The predicted molar refractivity (Wildman–Crippen MR) is 78.9 cm³/mol. The summed E-state index contributed by atoms with van der Waals surface area (Å²) < 4.78 is 1.69. The Morgan fingerprint density at radius 2 is 2.05 bits per heavy atom. The molecule has 5 heteroatoms. The second-order valence-corrected chi connectivity index (χ2v) is 6.03. The number of fused-ring (bicyclic) bond motifs is 1. The molecule has 2 aliphatic rings. The van der Waals surface area contributed by atoms with E-state index >= 15 is 0 Å². The Hall–Kier alpha value is -2.17. The molecule has 2 aromatic rings. The first kappa shape index (κ1) is 12.6. The molecule has 2 unspecified atom stereocenters. The van der Waals surface area contributed by atoms with Crippen LogP contribution in [0.2, 0.25) is 0 Å². The summed E-state index contributed by atoms with van der Waals surface area (Å²) in [6.45, 7) is 0. The Kier molecular flexibility index (Phi) is 2.98. The fourth-order valence-corrected chi connectivity index (χ4v) is 3.68. The Morgan fingerprint density at radius 3 is 2.76 bits per heavy atom. The van der Waals surface area contributed by atoms with Gasteiger partial charge < -0.3 is 5.32 Å². The molecule has 2 atom stereocenters. The van der Waals surface area contributed by atoms with Gasteiger partial charge in [0.05, 0.1) is 18.1 Å². The van der Waals surface area contributed by atoms with Crippen molar-refractivity contribution >= 4 is 11.6 Å². The van der Waals surface area contributed by atoms with E-state index in [0.717, 1.165) is 11.4 Å². The van der Waals surface area contributed by atoms with E-state index in [1.54, 1.807) is 17.1 Å². The number of carbonyl (C=O) groups is 1. The number of nitrogens with zero attached hydrogens (tertiary/aromatic N) is 3. The summed E-state index contributed by atoms with van der Waals surface area (Å²) in [6.07, 6.45) is 8.44. The summed E-state index contributed by atoms with van der Waals surface area (Å²) in [4.78, 5) is 12.4.